The molecule has 5 heteroatoms. The van der Waals surface area contributed by atoms with Crippen LogP contribution < -0.4 is 0 Å². The maximum Gasteiger partial charge on any atom is 0.114 e. The van der Waals surface area contributed by atoms with E-state index < -0.39 is 0 Å². The lowest BCUT2D eigenvalue weighted by molar-refractivity contribution is 0.860. The van der Waals surface area contributed by atoms with E-state index in [4.69, 9.17) is 16.9 Å². The standard InChI is InChI=1S/C17H11BrClN3/c18-17-14(8-9-20)11-21-22(17)16-6-4-12(5-7-16)13-2-1-3-15(19)10-13/h1-7,10-11H,8H2. The van der Waals surface area contributed by atoms with E-state index in [1.54, 1.807) is 10.9 Å². The Morgan fingerprint density at radius 2 is 1.91 bits per heavy atom. The second-order valence-electron chi connectivity index (χ2n) is 4.76. The van der Waals surface area contributed by atoms with E-state index in [-0.39, 0.29) is 0 Å². The minimum atomic E-state index is 0.335. The minimum Gasteiger partial charge on any atom is -0.226 e. The lowest BCUT2D eigenvalue weighted by atomic mass is 10.1. The topological polar surface area (TPSA) is 41.6 Å². The molecule has 0 atom stereocenters. The van der Waals surface area contributed by atoms with Gasteiger partial charge in [-0.1, -0.05) is 35.9 Å². The lowest BCUT2D eigenvalue weighted by Crippen LogP contribution is -1.96. The van der Waals surface area contributed by atoms with Crippen LogP contribution in [0.2, 0.25) is 5.02 Å². The molecule has 0 saturated carbocycles. The van der Waals surface area contributed by atoms with Gasteiger partial charge in [0.1, 0.15) is 4.60 Å². The highest BCUT2D eigenvalue weighted by Crippen LogP contribution is 2.26. The summed E-state index contributed by atoms with van der Waals surface area (Å²) in [7, 11) is 0. The van der Waals surface area contributed by atoms with Crippen LogP contribution in [0.4, 0.5) is 0 Å². The zero-order chi connectivity index (χ0) is 15.5. The maximum absolute atomic E-state index is 8.79. The fraction of sp³-hybridized carbons (Fsp3) is 0.0588. The number of hydrogen-bond acceptors (Lipinski definition) is 2. The van der Waals surface area contributed by atoms with Crippen LogP contribution in [-0.4, -0.2) is 9.78 Å². The molecule has 2 aromatic carbocycles. The monoisotopic (exact) mass is 371 g/mol. The molecule has 0 unspecified atom stereocenters. The van der Waals surface area contributed by atoms with Gasteiger partial charge in [0.05, 0.1) is 24.4 Å². The Hall–Kier alpha value is -2.09. The van der Waals surface area contributed by atoms with Crippen LogP contribution in [0.15, 0.2) is 59.3 Å². The maximum atomic E-state index is 8.79. The molecule has 22 heavy (non-hydrogen) atoms. The lowest BCUT2D eigenvalue weighted by Gasteiger charge is -2.06. The highest BCUT2D eigenvalue weighted by molar-refractivity contribution is 9.10. The van der Waals surface area contributed by atoms with Crippen LogP contribution in [0.5, 0.6) is 0 Å². The Balaban J connectivity index is 1.93. The summed E-state index contributed by atoms with van der Waals surface area (Å²) in [6.45, 7) is 0. The van der Waals surface area contributed by atoms with Crippen LogP contribution >= 0.6 is 27.5 Å². The van der Waals surface area contributed by atoms with Gasteiger partial charge >= 0.3 is 0 Å². The summed E-state index contributed by atoms with van der Waals surface area (Å²) in [6, 6.07) is 17.9. The number of hydrogen-bond donors (Lipinski definition) is 0. The summed E-state index contributed by atoms with van der Waals surface area (Å²) >= 11 is 9.52. The quantitative estimate of drug-likeness (QED) is 0.647. The van der Waals surface area contributed by atoms with Gasteiger partial charge < -0.3 is 0 Å². The molecule has 0 fully saturated rings. The predicted octanol–water partition coefficient (Wildman–Crippen LogP) is 5.02. The molecule has 0 aliphatic carbocycles. The third-order valence-corrected chi connectivity index (χ3v) is 4.40. The number of halogens is 2. The molecule has 0 aliphatic heterocycles. The number of aromatic nitrogens is 2. The Bertz CT molecular complexity index is 847. The van der Waals surface area contributed by atoms with E-state index in [1.165, 1.54) is 0 Å². The number of benzene rings is 2. The highest BCUT2D eigenvalue weighted by Gasteiger charge is 2.09. The molecule has 0 radical (unpaired) electrons. The SMILES string of the molecule is N#CCc1cnn(-c2ccc(-c3cccc(Cl)c3)cc2)c1Br. The van der Waals surface area contributed by atoms with Crippen molar-refractivity contribution in [3.05, 3.63) is 69.9 Å². The Morgan fingerprint density at radius 3 is 2.59 bits per heavy atom. The summed E-state index contributed by atoms with van der Waals surface area (Å²) in [6.07, 6.45) is 2.04. The summed E-state index contributed by atoms with van der Waals surface area (Å²) < 4.78 is 2.58. The summed E-state index contributed by atoms with van der Waals surface area (Å²) in [5.41, 5.74) is 3.97. The molecule has 108 valence electrons. The van der Waals surface area contributed by atoms with E-state index in [2.05, 4.69) is 27.1 Å². The molecule has 0 amide bonds. The van der Waals surface area contributed by atoms with Gasteiger partial charge in [0.25, 0.3) is 0 Å². The second-order valence-corrected chi connectivity index (χ2v) is 5.95. The Morgan fingerprint density at radius 1 is 1.14 bits per heavy atom. The van der Waals surface area contributed by atoms with Crippen molar-refractivity contribution in [2.75, 3.05) is 0 Å². The second kappa shape index (κ2) is 6.35. The van der Waals surface area contributed by atoms with Crippen molar-refractivity contribution in [2.24, 2.45) is 0 Å². The average Bonchev–Trinajstić information content (AvgIpc) is 2.89. The molecule has 1 aromatic heterocycles. The molecule has 0 spiro atoms. The van der Waals surface area contributed by atoms with E-state index in [0.717, 1.165) is 32.0 Å². The van der Waals surface area contributed by atoms with Gasteiger partial charge in [0.2, 0.25) is 0 Å². The molecular formula is C17H11BrClN3. The van der Waals surface area contributed by atoms with Crippen molar-refractivity contribution in [1.29, 1.82) is 5.26 Å². The summed E-state index contributed by atoms with van der Waals surface area (Å²) in [5.74, 6) is 0. The Labute approximate surface area is 141 Å². The minimum absolute atomic E-state index is 0.335. The van der Waals surface area contributed by atoms with Crippen molar-refractivity contribution in [3.63, 3.8) is 0 Å². The molecule has 0 saturated heterocycles. The van der Waals surface area contributed by atoms with Crippen molar-refractivity contribution < 1.29 is 0 Å². The van der Waals surface area contributed by atoms with Gasteiger partial charge in [-0.05, 0) is 51.3 Å². The van der Waals surface area contributed by atoms with Crippen molar-refractivity contribution in [2.45, 2.75) is 6.42 Å². The summed E-state index contributed by atoms with van der Waals surface area (Å²) in [5, 5.41) is 13.8. The molecule has 3 rings (SSSR count). The van der Waals surface area contributed by atoms with E-state index in [1.807, 2.05) is 48.5 Å². The van der Waals surface area contributed by atoms with E-state index in [0.29, 0.717) is 6.42 Å². The Kier molecular flexibility index (Phi) is 4.28. The molecule has 0 N–H and O–H groups in total. The fourth-order valence-electron chi connectivity index (χ4n) is 2.21. The molecule has 3 aromatic rings. The van der Waals surface area contributed by atoms with E-state index in [9.17, 15) is 0 Å². The normalized spacial score (nSPS) is 10.4. The van der Waals surface area contributed by atoms with Gasteiger partial charge in [0, 0.05) is 10.6 Å². The third-order valence-electron chi connectivity index (χ3n) is 3.32. The van der Waals surface area contributed by atoms with Gasteiger partial charge in [-0.25, -0.2) is 4.68 Å². The molecule has 0 aliphatic rings. The average molecular weight is 373 g/mol. The van der Waals surface area contributed by atoms with Crippen molar-refractivity contribution in [1.82, 2.24) is 9.78 Å². The first kappa shape index (κ1) is 14.8. The molecule has 3 nitrogen and oxygen atoms in total. The van der Waals surface area contributed by atoms with E-state index >= 15 is 0 Å². The third kappa shape index (κ3) is 2.92. The van der Waals surface area contributed by atoms with Crippen molar-refractivity contribution in [3.8, 4) is 22.9 Å². The van der Waals surface area contributed by atoms with Crippen LogP contribution in [0.3, 0.4) is 0 Å². The first-order valence-corrected chi connectivity index (χ1v) is 7.82. The predicted molar refractivity (Wildman–Crippen MR) is 91.0 cm³/mol. The van der Waals surface area contributed by atoms with Crippen molar-refractivity contribution >= 4 is 27.5 Å². The first-order valence-electron chi connectivity index (χ1n) is 6.65. The zero-order valence-corrected chi connectivity index (χ0v) is 13.8. The summed E-state index contributed by atoms with van der Waals surface area (Å²) in [4.78, 5) is 0. The highest BCUT2D eigenvalue weighted by atomic mass is 79.9. The fourth-order valence-corrected chi connectivity index (χ4v) is 2.94. The van der Waals surface area contributed by atoms with Gasteiger partial charge in [0.15, 0.2) is 0 Å². The van der Waals surface area contributed by atoms with Crippen LogP contribution in [0.1, 0.15) is 5.56 Å². The first-order chi connectivity index (χ1) is 10.7. The number of rotatable bonds is 3. The zero-order valence-electron chi connectivity index (χ0n) is 11.5. The van der Waals surface area contributed by atoms with Crippen LogP contribution in [0.25, 0.3) is 16.8 Å². The largest absolute Gasteiger partial charge is 0.226 e. The van der Waals surface area contributed by atoms with Crippen LogP contribution in [0, 0.1) is 11.3 Å². The van der Waals surface area contributed by atoms with Gasteiger partial charge in [-0.2, -0.15) is 10.4 Å². The molecule has 0 bridgehead atoms. The number of nitrogens with zero attached hydrogens (tertiary/aromatic N) is 3. The number of nitriles is 1. The molecule has 1 heterocycles. The van der Waals surface area contributed by atoms with Crippen LogP contribution in [-0.2, 0) is 6.42 Å². The molecular weight excluding hydrogens is 362 g/mol. The van der Waals surface area contributed by atoms with Gasteiger partial charge in [-0.15, -0.1) is 0 Å². The smallest absolute Gasteiger partial charge is 0.114 e. The van der Waals surface area contributed by atoms with Gasteiger partial charge in [-0.3, -0.25) is 0 Å².